The van der Waals surface area contributed by atoms with Gasteiger partial charge in [0, 0.05) is 23.1 Å². The molecule has 29 heavy (non-hydrogen) atoms. The average molecular weight is 416 g/mol. The molecule has 0 saturated carbocycles. The summed E-state index contributed by atoms with van der Waals surface area (Å²) in [6, 6.07) is 13.4. The van der Waals surface area contributed by atoms with Crippen LogP contribution in [0.4, 0.5) is 10.1 Å². The molecule has 154 valence electrons. The number of nitrogens with zero attached hydrogens (tertiary/aromatic N) is 1. The Morgan fingerprint density at radius 1 is 1.14 bits per heavy atom. The summed E-state index contributed by atoms with van der Waals surface area (Å²) in [4.78, 5) is 4.67. The molecule has 1 fully saturated rings. The third-order valence-corrected chi connectivity index (χ3v) is 7.56. The van der Waals surface area contributed by atoms with Crippen molar-refractivity contribution >= 4 is 26.4 Å². The first-order valence-corrected chi connectivity index (χ1v) is 11.5. The Bertz CT molecular complexity index is 1100. The number of H-pyrrole nitrogens is 1. The second kappa shape index (κ2) is 8.16. The molecule has 4 rings (SSSR count). The highest BCUT2D eigenvalue weighted by Gasteiger charge is 2.27. The number of benzene rings is 2. The SMILES string of the molecule is CN1CCC(CCNc2cccc(S(=O)(=O)c3c(F)[nH]c4ccccc34)c2)CC1. The van der Waals surface area contributed by atoms with Gasteiger partial charge < -0.3 is 15.2 Å². The Labute approximate surface area is 170 Å². The van der Waals surface area contributed by atoms with Crippen LogP contribution < -0.4 is 5.32 Å². The molecule has 7 heteroatoms. The molecule has 5 nitrogen and oxygen atoms in total. The summed E-state index contributed by atoms with van der Waals surface area (Å²) in [5.74, 6) is -0.127. The van der Waals surface area contributed by atoms with Gasteiger partial charge in [-0.3, -0.25) is 0 Å². The first-order valence-electron chi connectivity index (χ1n) is 9.99. The number of rotatable bonds is 6. The Morgan fingerprint density at radius 2 is 1.90 bits per heavy atom. The summed E-state index contributed by atoms with van der Waals surface area (Å²) in [6.07, 6.45) is 3.46. The number of piperidine rings is 1. The lowest BCUT2D eigenvalue weighted by Gasteiger charge is -2.29. The van der Waals surface area contributed by atoms with Crippen molar-refractivity contribution in [2.75, 3.05) is 32.0 Å². The number of nitrogens with one attached hydrogen (secondary N) is 2. The second-order valence-corrected chi connectivity index (χ2v) is 9.69. The Kier molecular flexibility index (Phi) is 5.61. The Morgan fingerprint density at radius 3 is 2.69 bits per heavy atom. The zero-order valence-corrected chi connectivity index (χ0v) is 17.3. The highest BCUT2D eigenvalue weighted by Crippen LogP contribution is 2.31. The molecule has 1 saturated heterocycles. The van der Waals surface area contributed by atoms with E-state index in [0.717, 1.165) is 31.7 Å². The van der Waals surface area contributed by atoms with Crippen LogP contribution in [0.2, 0.25) is 0 Å². The van der Waals surface area contributed by atoms with E-state index in [1.807, 2.05) is 6.07 Å². The van der Waals surface area contributed by atoms with Crippen molar-refractivity contribution in [3.63, 3.8) is 0 Å². The van der Waals surface area contributed by atoms with Crippen molar-refractivity contribution in [1.29, 1.82) is 0 Å². The van der Waals surface area contributed by atoms with E-state index < -0.39 is 15.8 Å². The number of halogens is 1. The first-order chi connectivity index (χ1) is 13.9. The number of likely N-dealkylation sites (tertiary alicyclic amines) is 1. The largest absolute Gasteiger partial charge is 0.385 e. The molecule has 2 N–H and O–H groups in total. The molecule has 1 aliphatic rings. The minimum Gasteiger partial charge on any atom is -0.385 e. The van der Waals surface area contributed by atoms with Gasteiger partial charge in [-0.05, 0) is 69.6 Å². The van der Waals surface area contributed by atoms with Gasteiger partial charge in [0.2, 0.25) is 15.8 Å². The van der Waals surface area contributed by atoms with Crippen LogP contribution in [-0.4, -0.2) is 45.0 Å². The van der Waals surface area contributed by atoms with E-state index in [1.54, 1.807) is 36.4 Å². The number of hydrogen-bond donors (Lipinski definition) is 2. The second-order valence-electron chi connectivity index (χ2n) is 7.81. The molecule has 0 bridgehead atoms. The molecule has 1 aliphatic heterocycles. The number of fused-ring (bicyclic) bond motifs is 1. The smallest absolute Gasteiger partial charge is 0.211 e. The Balaban J connectivity index is 1.51. The van der Waals surface area contributed by atoms with Crippen LogP contribution in [0.15, 0.2) is 58.3 Å². The monoisotopic (exact) mass is 415 g/mol. The highest BCUT2D eigenvalue weighted by molar-refractivity contribution is 7.91. The third kappa shape index (κ3) is 4.16. The average Bonchev–Trinajstić information content (AvgIpc) is 3.06. The minimum absolute atomic E-state index is 0.0884. The van der Waals surface area contributed by atoms with E-state index in [1.165, 1.54) is 18.9 Å². The van der Waals surface area contributed by atoms with E-state index >= 15 is 0 Å². The van der Waals surface area contributed by atoms with Gasteiger partial charge in [-0.1, -0.05) is 24.3 Å². The van der Waals surface area contributed by atoms with Gasteiger partial charge in [-0.2, -0.15) is 4.39 Å². The molecule has 0 spiro atoms. The zero-order chi connectivity index (χ0) is 20.4. The minimum atomic E-state index is -3.98. The topological polar surface area (TPSA) is 65.2 Å². The van der Waals surface area contributed by atoms with Gasteiger partial charge in [0.15, 0.2) is 0 Å². The molecule has 1 aromatic heterocycles. The molecule has 0 aliphatic carbocycles. The maximum absolute atomic E-state index is 14.5. The third-order valence-electron chi connectivity index (χ3n) is 5.75. The number of anilines is 1. The normalized spacial score (nSPS) is 16.3. The van der Waals surface area contributed by atoms with Crippen molar-refractivity contribution in [2.45, 2.75) is 29.1 Å². The van der Waals surface area contributed by atoms with Crippen LogP contribution >= 0.6 is 0 Å². The quantitative estimate of drug-likeness (QED) is 0.631. The summed E-state index contributed by atoms with van der Waals surface area (Å²) >= 11 is 0. The lowest BCUT2D eigenvalue weighted by atomic mass is 9.94. The highest BCUT2D eigenvalue weighted by atomic mass is 32.2. The first kappa shape index (κ1) is 19.9. The summed E-state index contributed by atoms with van der Waals surface area (Å²) in [6.45, 7) is 3.06. The van der Waals surface area contributed by atoms with Crippen molar-refractivity contribution in [2.24, 2.45) is 5.92 Å². The number of para-hydroxylation sites is 1. The molecule has 0 amide bonds. The molecule has 0 atom stereocenters. The molecular weight excluding hydrogens is 389 g/mol. The van der Waals surface area contributed by atoms with E-state index in [4.69, 9.17) is 0 Å². The van der Waals surface area contributed by atoms with Crippen molar-refractivity contribution in [3.8, 4) is 0 Å². The van der Waals surface area contributed by atoms with Crippen molar-refractivity contribution in [3.05, 3.63) is 54.5 Å². The van der Waals surface area contributed by atoms with Gasteiger partial charge in [-0.25, -0.2) is 8.42 Å². The number of aromatic nitrogens is 1. The van der Waals surface area contributed by atoms with E-state index in [-0.39, 0.29) is 9.79 Å². The standard InChI is InChI=1S/C22H26FN3O2S/c1-26-13-10-16(11-14-26)9-12-24-17-5-4-6-18(15-17)29(27,28)21-19-7-2-3-8-20(19)25-22(21)23/h2-8,15-16,24-25H,9-14H2,1H3. The van der Waals surface area contributed by atoms with Gasteiger partial charge in [-0.15, -0.1) is 0 Å². The number of aromatic amines is 1. The maximum Gasteiger partial charge on any atom is 0.211 e. The van der Waals surface area contributed by atoms with E-state index in [2.05, 4.69) is 22.2 Å². The predicted octanol–water partition coefficient (Wildman–Crippen LogP) is 4.28. The molecular formula is C22H26FN3O2S. The summed E-state index contributed by atoms with van der Waals surface area (Å²) < 4.78 is 40.8. The van der Waals surface area contributed by atoms with Crippen LogP contribution in [0, 0.1) is 11.9 Å². The van der Waals surface area contributed by atoms with Crippen molar-refractivity contribution < 1.29 is 12.8 Å². The van der Waals surface area contributed by atoms with Crippen LogP contribution in [0.5, 0.6) is 0 Å². The fourth-order valence-corrected chi connectivity index (χ4v) is 5.54. The van der Waals surface area contributed by atoms with Crippen LogP contribution in [0.3, 0.4) is 0 Å². The molecule has 2 aromatic carbocycles. The Hall–Kier alpha value is -2.38. The fourth-order valence-electron chi connectivity index (χ4n) is 4.01. The van der Waals surface area contributed by atoms with Crippen LogP contribution in [0.25, 0.3) is 10.9 Å². The van der Waals surface area contributed by atoms with Crippen molar-refractivity contribution in [1.82, 2.24) is 9.88 Å². The number of sulfone groups is 1. The molecule has 2 heterocycles. The molecule has 0 unspecified atom stereocenters. The van der Waals surface area contributed by atoms with Gasteiger partial charge in [0.1, 0.15) is 4.90 Å². The zero-order valence-electron chi connectivity index (χ0n) is 16.5. The van der Waals surface area contributed by atoms with Gasteiger partial charge in [0.05, 0.1) is 4.90 Å². The van der Waals surface area contributed by atoms with E-state index in [0.29, 0.717) is 16.8 Å². The number of hydrogen-bond acceptors (Lipinski definition) is 4. The van der Waals surface area contributed by atoms with Crippen LogP contribution in [0.1, 0.15) is 19.3 Å². The summed E-state index contributed by atoms with van der Waals surface area (Å²) in [7, 11) is -1.83. The lowest BCUT2D eigenvalue weighted by molar-refractivity contribution is 0.215. The van der Waals surface area contributed by atoms with Gasteiger partial charge in [0.25, 0.3) is 0 Å². The predicted molar refractivity (Wildman–Crippen MR) is 113 cm³/mol. The fraction of sp³-hybridized carbons (Fsp3) is 0.364. The summed E-state index contributed by atoms with van der Waals surface area (Å²) in [5, 5.41) is 3.70. The summed E-state index contributed by atoms with van der Waals surface area (Å²) in [5.41, 5.74) is 1.20. The van der Waals surface area contributed by atoms with Gasteiger partial charge >= 0.3 is 0 Å². The van der Waals surface area contributed by atoms with Crippen LogP contribution in [-0.2, 0) is 9.84 Å². The van der Waals surface area contributed by atoms with E-state index in [9.17, 15) is 12.8 Å². The molecule has 0 radical (unpaired) electrons. The molecule has 3 aromatic rings. The maximum atomic E-state index is 14.5. The lowest BCUT2D eigenvalue weighted by Crippen LogP contribution is -2.30.